The molecule has 178 valence electrons. The number of nitrogens with one attached hydrogen (secondary N) is 1. The SMILES string of the molecule is CCN(C(=O)C(N)Cc1c(C)cc(C)cc1C)C1CCNc2ccc(Cc3ccccc3)cc21. The average Bonchev–Trinajstić information content (AvgIpc) is 2.82. The predicted octanol–water partition coefficient (Wildman–Crippen LogP) is 5.48. The minimum atomic E-state index is -0.550. The minimum absolute atomic E-state index is 0.0354. The average molecular weight is 456 g/mol. The number of nitrogens with zero attached hydrogens (tertiary/aromatic N) is 1. The second kappa shape index (κ2) is 10.4. The van der Waals surface area contributed by atoms with Gasteiger partial charge in [-0.15, -0.1) is 0 Å². The van der Waals surface area contributed by atoms with Crippen LogP contribution in [0.3, 0.4) is 0 Å². The molecule has 4 rings (SSSR count). The Balaban J connectivity index is 1.57. The molecule has 0 bridgehead atoms. The van der Waals surface area contributed by atoms with Crippen molar-refractivity contribution < 1.29 is 4.79 Å². The zero-order valence-electron chi connectivity index (χ0n) is 20.9. The molecule has 1 aliphatic heterocycles. The fourth-order valence-electron chi connectivity index (χ4n) is 5.40. The third-order valence-corrected chi connectivity index (χ3v) is 7.04. The third-order valence-electron chi connectivity index (χ3n) is 7.04. The Kier molecular flexibility index (Phi) is 7.38. The summed E-state index contributed by atoms with van der Waals surface area (Å²) in [6.45, 7) is 9.88. The van der Waals surface area contributed by atoms with Gasteiger partial charge >= 0.3 is 0 Å². The Morgan fingerprint density at radius 2 is 1.74 bits per heavy atom. The van der Waals surface area contributed by atoms with E-state index in [-0.39, 0.29) is 11.9 Å². The lowest BCUT2D eigenvalue weighted by atomic mass is 9.91. The van der Waals surface area contributed by atoms with Crippen LogP contribution < -0.4 is 11.1 Å². The van der Waals surface area contributed by atoms with E-state index in [1.165, 1.54) is 38.9 Å². The Labute approximate surface area is 204 Å². The first-order chi connectivity index (χ1) is 16.4. The highest BCUT2D eigenvalue weighted by atomic mass is 16.2. The number of likely N-dealkylation sites (N-methyl/N-ethyl adjacent to an activating group) is 1. The monoisotopic (exact) mass is 455 g/mol. The summed E-state index contributed by atoms with van der Waals surface area (Å²) in [7, 11) is 0. The lowest BCUT2D eigenvalue weighted by molar-refractivity contribution is -0.135. The van der Waals surface area contributed by atoms with E-state index < -0.39 is 6.04 Å². The maximum absolute atomic E-state index is 13.6. The molecule has 4 heteroatoms. The number of hydrogen-bond acceptors (Lipinski definition) is 3. The van der Waals surface area contributed by atoms with Gasteiger partial charge in [0, 0.05) is 18.8 Å². The molecule has 0 aliphatic carbocycles. The van der Waals surface area contributed by atoms with Crippen LogP contribution in [0.5, 0.6) is 0 Å². The maximum Gasteiger partial charge on any atom is 0.240 e. The first kappa shape index (κ1) is 24.0. The summed E-state index contributed by atoms with van der Waals surface area (Å²) >= 11 is 0. The normalized spacial score (nSPS) is 15.9. The van der Waals surface area contributed by atoms with E-state index in [0.717, 1.165) is 25.1 Å². The van der Waals surface area contributed by atoms with Gasteiger partial charge in [-0.25, -0.2) is 0 Å². The van der Waals surface area contributed by atoms with E-state index in [0.29, 0.717) is 13.0 Å². The van der Waals surface area contributed by atoms with Gasteiger partial charge in [0.25, 0.3) is 0 Å². The number of anilines is 1. The molecule has 2 atom stereocenters. The molecule has 0 aromatic heterocycles. The highest BCUT2D eigenvalue weighted by molar-refractivity contribution is 5.83. The van der Waals surface area contributed by atoms with Gasteiger partial charge in [-0.3, -0.25) is 4.79 Å². The van der Waals surface area contributed by atoms with Crippen LogP contribution in [0.15, 0.2) is 60.7 Å². The second-order valence-electron chi connectivity index (χ2n) is 9.63. The van der Waals surface area contributed by atoms with Crippen LogP contribution in [0.1, 0.15) is 58.3 Å². The summed E-state index contributed by atoms with van der Waals surface area (Å²) in [4.78, 5) is 15.6. The molecular formula is C30H37N3O. The lowest BCUT2D eigenvalue weighted by Gasteiger charge is -2.37. The number of amides is 1. The molecule has 3 aromatic rings. The lowest BCUT2D eigenvalue weighted by Crippen LogP contribution is -2.47. The molecule has 4 nitrogen and oxygen atoms in total. The van der Waals surface area contributed by atoms with Crippen LogP contribution in [-0.4, -0.2) is 29.9 Å². The second-order valence-corrected chi connectivity index (χ2v) is 9.63. The van der Waals surface area contributed by atoms with Crippen molar-refractivity contribution in [1.29, 1.82) is 0 Å². The van der Waals surface area contributed by atoms with E-state index in [1.807, 2.05) is 11.0 Å². The van der Waals surface area contributed by atoms with Crippen molar-refractivity contribution in [3.05, 3.63) is 99.6 Å². The number of benzene rings is 3. The summed E-state index contributed by atoms with van der Waals surface area (Å²) in [5.74, 6) is 0.0354. The number of carbonyl (C=O) groups excluding carboxylic acids is 1. The highest BCUT2D eigenvalue weighted by Gasteiger charge is 2.31. The van der Waals surface area contributed by atoms with Crippen LogP contribution in [-0.2, 0) is 17.6 Å². The smallest absolute Gasteiger partial charge is 0.240 e. The summed E-state index contributed by atoms with van der Waals surface area (Å²) in [5.41, 5.74) is 16.3. The van der Waals surface area contributed by atoms with Crippen molar-refractivity contribution in [2.75, 3.05) is 18.4 Å². The van der Waals surface area contributed by atoms with Crippen molar-refractivity contribution in [3.63, 3.8) is 0 Å². The molecule has 3 aromatic carbocycles. The molecule has 1 aliphatic rings. The summed E-state index contributed by atoms with van der Waals surface area (Å²) in [6, 6.07) is 21.0. The zero-order valence-corrected chi connectivity index (χ0v) is 20.9. The van der Waals surface area contributed by atoms with Gasteiger partial charge in [-0.1, -0.05) is 60.2 Å². The number of aryl methyl sites for hydroxylation is 3. The van der Waals surface area contributed by atoms with Crippen LogP contribution in [0.25, 0.3) is 0 Å². The number of fused-ring (bicyclic) bond motifs is 1. The Bertz CT molecular complexity index is 1130. The van der Waals surface area contributed by atoms with Crippen LogP contribution >= 0.6 is 0 Å². The Hall–Kier alpha value is -3.11. The maximum atomic E-state index is 13.6. The standard InChI is InChI=1S/C30H37N3O/c1-5-33(30(34)27(31)19-25-21(3)15-20(2)16-22(25)4)29-13-14-32-28-12-11-24(18-26(28)29)17-23-9-7-6-8-10-23/h6-12,15-16,18,27,29,32H,5,13-14,17,19,31H2,1-4H3. The van der Waals surface area contributed by atoms with Crippen molar-refractivity contribution >= 4 is 11.6 Å². The molecule has 1 heterocycles. The third kappa shape index (κ3) is 5.18. The van der Waals surface area contributed by atoms with Gasteiger partial charge in [0.15, 0.2) is 0 Å². The fraction of sp³-hybridized carbons (Fsp3) is 0.367. The van der Waals surface area contributed by atoms with Gasteiger partial charge in [0.2, 0.25) is 5.91 Å². The minimum Gasteiger partial charge on any atom is -0.385 e. The topological polar surface area (TPSA) is 58.4 Å². The van der Waals surface area contributed by atoms with E-state index in [4.69, 9.17) is 5.73 Å². The molecular weight excluding hydrogens is 418 g/mol. The Morgan fingerprint density at radius 1 is 1.03 bits per heavy atom. The van der Waals surface area contributed by atoms with Crippen molar-refractivity contribution in [2.45, 2.75) is 59.0 Å². The first-order valence-corrected chi connectivity index (χ1v) is 12.4. The first-order valence-electron chi connectivity index (χ1n) is 12.4. The van der Waals surface area contributed by atoms with Gasteiger partial charge in [0.1, 0.15) is 0 Å². The van der Waals surface area contributed by atoms with E-state index in [9.17, 15) is 4.79 Å². The van der Waals surface area contributed by atoms with E-state index >= 15 is 0 Å². The van der Waals surface area contributed by atoms with E-state index in [1.54, 1.807) is 0 Å². The zero-order chi connectivity index (χ0) is 24.2. The predicted molar refractivity (Wildman–Crippen MR) is 141 cm³/mol. The fourth-order valence-corrected chi connectivity index (χ4v) is 5.40. The molecule has 0 spiro atoms. The van der Waals surface area contributed by atoms with Gasteiger partial charge in [-0.2, -0.15) is 0 Å². The summed E-state index contributed by atoms with van der Waals surface area (Å²) in [5, 5.41) is 3.52. The molecule has 0 fully saturated rings. The van der Waals surface area contributed by atoms with Gasteiger partial charge in [-0.05, 0) is 86.4 Å². The van der Waals surface area contributed by atoms with Gasteiger partial charge < -0.3 is 16.0 Å². The van der Waals surface area contributed by atoms with Crippen LogP contribution in [0.2, 0.25) is 0 Å². The largest absolute Gasteiger partial charge is 0.385 e. The number of nitrogens with two attached hydrogens (primary N) is 1. The molecule has 2 unspecified atom stereocenters. The molecule has 3 N–H and O–H groups in total. The van der Waals surface area contributed by atoms with Crippen molar-refractivity contribution in [2.24, 2.45) is 5.73 Å². The number of rotatable bonds is 7. The van der Waals surface area contributed by atoms with Crippen molar-refractivity contribution in [1.82, 2.24) is 4.90 Å². The number of carbonyl (C=O) groups is 1. The number of hydrogen-bond donors (Lipinski definition) is 2. The molecule has 1 amide bonds. The Morgan fingerprint density at radius 3 is 2.41 bits per heavy atom. The highest BCUT2D eigenvalue weighted by Crippen LogP contribution is 2.36. The quantitative estimate of drug-likeness (QED) is 0.496. The van der Waals surface area contributed by atoms with Crippen molar-refractivity contribution in [3.8, 4) is 0 Å². The summed E-state index contributed by atoms with van der Waals surface area (Å²) in [6.07, 6.45) is 2.34. The van der Waals surface area contributed by atoms with Gasteiger partial charge in [0.05, 0.1) is 12.1 Å². The van der Waals surface area contributed by atoms with Crippen LogP contribution in [0.4, 0.5) is 5.69 Å². The molecule has 0 saturated heterocycles. The van der Waals surface area contributed by atoms with E-state index in [2.05, 4.69) is 87.6 Å². The van der Waals surface area contributed by atoms with Crippen LogP contribution in [0, 0.1) is 20.8 Å². The molecule has 0 saturated carbocycles. The molecule has 0 radical (unpaired) electrons. The summed E-state index contributed by atoms with van der Waals surface area (Å²) < 4.78 is 0. The molecule has 34 heavy (non-hydrogen) atoms.